The molecule has 5 nitrogen and oxygen atoms in total. The molecule has 1 aromatic heterocycles. The summed E-state index contributed by atoms with van der Waals surface area (Å²) in [4.78, 5) is 15.9. The highest BCUT2D eigenvalue weighted by molar-refractivity contribution is 5.75. The smallest absolute Gasteiger partial charge is 0.221 e. The average molecular weight is 284 g/mol. The lowest BCUT2D eigenvalue weighted by molar-refractivity contribution is -0.121. The normalized spacial score (nSPS) is 17.2. The van der Waals surface area contributed by atoms with E-state index >= 15 is 0 Å². The number of fused-ring (bicyclic) bond motifs is 1. The summed E-state index contributed by atoms with van der Waals surface area (Å²) in [7, 11) is 0. The Kier molecular flexibility index (Phi) is 4.31. The van der Waals surface area contributed by atoms with E-state index in [4.69, 9.17) is 0 Å². The number of benzene rings is 1. The van der Waals surface area contributed by atoms with Crippen LogP contribution in [0.5, 0.6) is 0 Å². The van der Waals surface area contributed by atoms with Gasteiger partial charge in [0.2, 0.25) is 5.91 Å². The van der Waals surface area contributed by atoms with Crippen molar-refractivity contribution in [1.82, 2.24) is 20.2 Å². The van der Waals surface area contributed by atoms with Gasteiger partial charge >= 0.3 is 0 Å². The standard InChI is InChI=1S/C16H20N4O/c21-16(6-9-20-10-8-17-12-20)19-11-15-14-4-2-1-3-13(14)5-7-18-15/h1-4,8,10,12,15,18H,5-7,9,11H2,(H,19,21). The van der Waals surface area contributed by atoms with Gasteiger partial charge in [0.1, 0.15) is 0 Å². The maximum atomic E-state index is 11.9. The molecule has 0 radical (unpaired) electrons. The van der Waals surface area contributed by atoms with Crippen LogP contribution in [0.15, 0.2) is 43.0 Å². The number of hydrogen-bond donors (Lipinski definition) is 2. The molecule has 110 valence electrons. The van der Waals surface area contributed by atoms with Crippen molar-refractivity contribution in [2.45, 2.75) is 25.4 Å². The Labute approximate surface area is 124 Å². The number of amides is 1. The molecule has 0 spiro atoms. The van der Waals surface area contributed by atoms with E-state index in [0.29, 0.717) is 19.5 Å². The fourth-order valence-electron chi connectivity index (χ4n) is 2.73. The second-order valence-corrected chi connectivity index (χ2v) is 5.31. The Morgan fingerprint density at radius 1 is 1.43 bits per heavy atom. The third-order valence-corrected chi connectivity index (χ3v) is 3.88. The number of carbonyl (C=O) groups excluding carboxylic acids is 1. The second-order valence-electron chi connectivity index (χ2n) is 5.31. The molecule has 0 saturated carbocycles. The van der Waals surface area contributed by atoms with Gasteiger partial charge in [0.15, 0.2) is 0 Å². The van der Waals surface area contributed by atoms with Gasteiger partial charge in [-0.1, -0.05) is 24.3 Å². The highest BCUT2D eigenvalue weighted by Gasteiger charge is 2.19. The number of aromatic nitrogens is 2. The van der Waals surface area contributed by atoms with Crippen molar-refractivity contribution in [3.8, 4) is 0 Å². The minimum absolute atomic E-state index is 0.0774. The Balaban J connectivity index is 1.50. The molecule has 0 aliphatic carbocycles. The second kappa shape index (κ2) is 6.54. The van der Waals surface area contributed by atoms with Crippen molar-refractivity contribution < 1.29 is 4.79 Å². The SMILES string of the molecule is O=C(CCn1ccnc1)NCC1NCCc2ccccc21. The van der Waals surface area contributed by atoms with Crippen LogP contribution in [0.2, 0.25) is 0 Å². The number of hydrogen-bond acceptors (Lipinski definition) is 3. The van der Waals surface area contributed by atoms with Crippen molar-refractivity contribution >= 4 is 5.91 Å². The minimum atomic E-state index is 0.0774. The first-order valence-electron chi connectivity index (χ1n) is 7.36. The number of nitrogens with one attached hydrogen (secondary N) is 2. The summed E-state index contributed by atoms with van der Waals surface area (Å²) in [5, 5.41) is 6.49. The zero-order chi connectivity index (χ0) is 14.5. The molecule has 0 fully saturated rings. The molecule has 1 atom stereocenters. The van der Waals surface area contributed by atoms with Gasteiger partial charge in [-0.25, -0.2) is 4.98 Å². The molecule has 21 heavy (non-hydrogen) atoms. The van der Waals surface area contributed by atoms with E-state index in [1.165, 1.54) is 11.1 Å². The van der Waals surface area contributed by atoms with Gasteiger partial charge in [-0.05, 0) is 24.1 Å². The Morgan fingerprint density at radius 2 is 2.33 bits per heavy atom. The Bertz CT molecular complexity index is 594. The van der Waals surface area contributed by atoms with Gasteiger partial charge < -0.3 is 15.2 Å². The van der Waals surface area contributed by atoms with Gasteiger partial charge in [-0.2, -0.15) is 0 Å². The highest BCUT2D eigenvalue weighted by atomic mass is 16.1. The van der Waals surface area contributed by atoms with Gasteiger partial charge in [0.05, 0.1) is 6.33 Å². The summed E-state index contributed by atoms with van der Waals surface area (Å²) in [6.07, 6.45) is 6.85. The van der Waals surface area contributed by atoms with Crippen LogP contribution in [0.25, 0.3) is 0 Å². The lowest BCUT2D eigenvalue weighted by Gasteiger charge is -2.27. The predicted molar refractivity (Wildman–Crippen MR) is 80.7 cm³/mol. The fraction of sp³-hybridized carbons (Fsp3) is 0.375. The van der Waals surface area contributed by atoms with Crippen LogP contribution in [-0.2, 0) is 17.8 Å². The van der Waals surface area contributed by atoms with Crippen molar-refractivity contribution in [2.24, 2.45) is 0 Å². The fourth-order valence-corrected chi connectivity index (χ4v) is 2.73. The Morgan fingerprint density at radius 3 is 3.19 bits per heavy atom. The van der Waals surface area contributed by atoms with E-state index in [1.54, 1.807) is 12.5 Å². The molecule has 1 aliphatic rings. The third kappa shape index (κ3) is 3.49. The van der Waals surface area contributed by atoms with E-state index in [0.717, 1.165) is 13.0 Å². The average Bonchev–Trinajstić information content (AvgIpc) is 3.04. The molecule has 3 rings (SSSR count). The lowest BCUT2D eigenvalue weighted by Crippen LogP contribution is -2.39. The van der Waals surface area contributed by atoms with Crippen LogP contribution in [-0.4, -0.2) is 28.5 Å². The van der Waals surface area contributed by atoms with Gasteiger partial charge in [-0.15, -0.1) is 0 Å². The number of imidazole rings is 1. The maximum absolute atomic E-state index is 11.9. The largest absolute Gasteiger partial charge is 0.354 e. The summed E-state index contributed by atoms with van der Waals surface area (Å²) >= 11 is 0. The molecule has 2 aromatic rings. The summed E-state index contributed by atoms with van der Waals surface area (Å²) in [6, 6.07) is 8.66. The van der Waals surface area contributed by atoms with Crippen LogP contribution in [0.1, 0.15) is 23.6 Å². The van der Waals surface area contributed by atoms with Crippen molar-refractivity contribution in [3.63, 3.8) is 0 Å². The van der Waals surface area contributed by atoms with Crippen molar-refractivity contribution in [2.75, 3.05) is 13.1 Å². The molecule has 1 aromatic carbocycles. The van der Waals surface area contributed by atoms with Crippen molar-refractivity contribution in [3.05, 3.63) is 54.1 Å². The summed E-state index contributed by atoms with van der Waals surface area (Å²) < 4.78 is 1.91. The molecule has 1 aliphatic heterocycles. The molecule has 1 amide bonds. The molecular formula is C16H20N4O. The Hall–Kier alpha value is -2.14. The van der Waals surface area contributed by atoms with E-state index < -0.39 is 0 Å². The maximum Gasteiger partial charge on any atom is 0.221 e. The topological polar surface area (TPSA) is 59.0 Å². The monoisotopic (exact) mass is 284 g/mol. The minimum Gasteiger partial charge on any atom is -0.354 e. The highest BCUT2D eigenvalue weighted by Crippen LogP contribution is 2.21. The molecule has 2 N–H and O–H groups in total. The first-order chi connectivity index (χ1) is 10.3. The molecule has 0 saturated heterocycles. The van der Waals surface area contributed by atoms with E-state index in [-0.39, 0.29) is 11.9 Å². The quantitative estimate of drug-likeness (QED) is 0.869. The van der Waals surface area contributed by atoms with Gasteiger partial charge in [0, 0.05) is 37.9 Å². The molecular weight excluding hydrogens is 264 g/mol. The van der Waals surface area contributed by atoms with Crippen LogP contribution in [0.3, 0.4) is 0 Å². The van der Waals surface area contributed by atoms with Crippen LogP contribution in [0.4, 0.5) is 0 Å². The summed E-state index contributed by atoms with van der Waals surface area (Å²) in [5.74, 6) is 0.0774. The first-order valence-corrected chi connectivity index (χ1v) is 7.36. The lowest BCUT2D eigenvalue weighted by atomic mass is 9.94. The molecule has 5 heteroatoms. The predicted octanol–water partition coefficient (Wildman–Crippen LogP) is 1.28. The summed E-state index contributed by atoms with van der Waals surface area (Å²) in [5.41, 5.74) is 2.69. The number of carbonyl (C=O) groups is 1. The zero-order valence-electron chi connectivity index (χ0n) is 12.0. The zero-order valence-corrected chi connectivity index (χ0v) is 12.0. The third-order valence-electron chi connectivity index (χ3n) is 3.88. The van der Waals surface area contributed by atoms with Gasteiger partial charge in [-0.3, -0.25) is 4.79 Å². The number of aryl methyl sites for hydroxylation is 1. The van der Waals surface area contributed by atoms with Crippen LogP contribution < -0.4 is 10.6 Å². The van der Waals surface area contributed by atoms with Crippen LogP contribution in [0, 0.1) is 0 Å². The number of rotatable bonds is 5. The van der Waals surface area contributed by atoms with E-state index in [1.807, 2.05) is 10.8 Å². The molecule has 0 bridgehead atoms. The van der Waals surface area contributed by atoms with Gasteiger partial charge in [0.25, 0.3) is 0 Å². The molecule has 2 heterocycles. The van der Waals surface area contributed by atoms with E-state index in [9.17, 15) is 4.79 Å². The number of nitrogens with zero attached hydrogens (tertiary/aromatic N) is 2. The molecule has 1 unspecified atom stereocenters. The van der Waals surface area contributed by atoms with Crippen LogP contribution >= 0.6 is 0 Å². The van der Waals surface area contributed by atoms with E-state index in [2.05, 4.69) is 39.9 Å². The first kappa shape index (κ1) is 13.8. The summed E-state index contributed by atoms with van der Waals surface area (Å²) in [6.45, 7) is 2.27. The van der Waals surface area contributed by atoms with Crippen molar-refractivity contribution in [1.29, 1.82) is 0 Å².